The van der Waals surface area contributed by atoms with Gasteiger partial charge in [0.1, 0.15) is 0 Å². The summed E-state index contributed by atoms with van der Waals surface area (Å²) in [6.07, 6.45) is 0.982. The summed E-state index contributed by atoms with van der Waals surface area (Å²) >= 11 is 0. The molecule has 0 aliphatic carbocycles. The van der Waals surface area contributed by atoms with Crippen LogP contribution >= 0.6 is 0 Å². The molecule has 1 saturated heterocycles. The molecule has 0 saturated carbocycles. The fourth-order valence-electron chi connectivity index (χ4n) is 2.66. The minimum atomic E-state index is -0.651. The minimum absolute atomic E-state index is 0.231. The van der Waals surface area contributed by atoms with Crippen LogP contribution in [0.5, 0.6) is 0 Å². The second-order valence-corrected chi connectivity index (χ2v) is 5.27. The lowest BCUT2D eigenvalue weighted by molar-refractivity contribution is -0.0619. The van der Waals surface area contributed by atoms with Crippen LogP contribution in [-0.4, -0.2) is 35.2 Å². The first-order chi connectivity index (χ1) is 8.12. The molecule has 3 N–H and O–H groups in total. The Balaban J connectivity index is 1.97. The first-order valence-electron chi connectivity index (χ1n) is 6.30. The van der Waals surface area contributed by atoms with Crippen molar-refractivity contribution in [2.45, 2.75) is 25.5 Å². The number of nitrogens with two attached hydrogens (primary N) is 1. The predicted molar refractivity (Wildman–Crippen MR) is 69.5 cm³/mol. The number of nitrogens with zero attached hydrogens (tertiary/aromatic N) is 1. The lowest BCUT2D eigenvalue weighted by Crippen LogP contribution is -2.53. The lowest BCUT2D eigenvalue weighted by Gasteiger charge is -2.42. The first-order valence-corrected chi connectivity index (χ1v) is 6.30. The molecule has 1 fully saturated rings. The fraction of sp³-hybridized carbons (Fsp3) is 0.571. The quantitative estimate of drug-likeness (QED) is 0.826. The SMILES string of the molecule is C[C@@]1(O)CN(Cc2ccccc2)CC[C@H]1CN. The summed E-state index contributed by atoms with van der Waals surface area (Å²) in [5, 5.41) is 10.4. The van der Waals surface area contributed by atoms with Crippen LogP contribution in [0, 0.1) is 5.92 Å². The van der Waals surface area contributed by atoms with Crippen LogP contribution in [0.15, 0.2) is 30.3 Å². The number of aliphatic hydroxyl groups is 1. The summed E-state index contributed by atoms with van der Waals surface area (Å²) in [6, 6.07) is 10.4. The molecule has 0 aromatic heterocycles. The number of likely N-dealkylation sites (tertiary alicyclic amines) is 1. The van der Waals surface area contributed by atoms with Gasteiger partial charge in [-0.1, -0.05) is 30.3 Å². The van der Waals surface area contributed by atoms with E-state index in [1.165, 1.54) is 5.56 Å². The number of piperidine rings is 1. The van der Waals surface area contributed by atoms with E-state index in [-0.39, 0.29) is 5.92 Å². The van der Waals surface area contributed by atoms with E-state index >= 15 is 0 Å². The number of hydrogen-bond donors (Lipinski definition) is 2. The van der Waals surface area contributed by atoms with Crippen molar-refractivity contribution in [3.05, 3.63) is 35.9 Å². The van der Waals surface area contributed by atoms with Crippen molar-refractivity contribution in [1.29, 1.82) is 0 Å². The average molecular weight is 234 g/mol. The zero-order chi connectivity index (χ0) is 12.3. The van der Waals surface area contributed by atoms with E-state index in [0.29, 0.717) is 13.1 Å². The van der Waals surface area contributed by atoms with Gasteiger partial charge >= 0.3 is 0 Å². The van der Waals surface area contributed by atoms with Crippen molar-refractivity contribution in [2.75, 3.05) is 19.6 Å². The van der Waals surface area contributed by atoms with Crippen molar-refractivity contribution in [3.8, 4) is 0 Å². The van der Waals surface area contributed by atoms with Gasteiger partial charge in [0.15, 0.2) is 0 Å². The van der Waals surface area contributed by atoms with Crippen LogP contribution < -0.4 is 5.73 Å². The van der Waals surface area contributed by atoms with Gasteiger partial charge < -0.3 is 10.8 Å². The molecule has 1 aromatic rings. The summed E-state index contributed by atoms with van der Waals surface area (Å²) in [4.78, 5) is 2.31. The Morgan fingerprint density at radius 3 is 2.71 bits per heavy atom. The Labute approximate surface area is 103 Å². The van der Waals surface area contributed by atoms with Gasteiger partial charge in [0, 0.05) is 19.0 Å². The van der Waals surface area contributed by atoms with Gasteiger partial charge in [0.2, 0.25) is 0 Å². The van der Waals surface area contributed by atoms with Gasteiger partial charge in [-0.05, 0) is 32.0 Å². The van der Waals surface area contributed by atoms with Crippen LogP contribution in [0.4, 0.5) is 0 Å². The summed E-state index contributed by atoms with van der Waals surface area (Å²) in [7, 11) is 0. The number of benzene rings is 1. The normalized spacial score (nSPS) is 30.4. The molecule has 1 aromatic carbocycles. The highest BCUT2D eigenvalue weighted by Gasteiger charge is 2.36. The van der Waals surface area contributed by atoms with Crippen LogP contribution in [0.3, 0.4) is 0 Å². The molecule has 2 atom stereocenters. The molecule has 0 unspecified atom stereocenters. The highest BCUT2D eigenvalue weighted by Crippen LogP contribution is 2.27. The Morgan fingerprint density at radius 2 is 2.12 bits per heavy atom. The summed E-state index contributed by atoms with van der Waals surface area (Å²) in [5.41, 5.74) is 6.35. The maximum Gasteiger partial charge on any atom is 0.0786 e. The molecule has 1 aliphatic rings. The maximum atomic E-state index is 10.4. The van der Waals surface area contributed by atoms with E-state index in [1.54, 1.807) is 0 Å². The van der Waals surface area contributed by atoms with E-state index < -0.39 is 5.60 Å². The van der Waals surface area contributed by atoms with E-state index in [2.05, 4.69) is 29.2 Å². The fourth-order valence-corrected chi connectivity index (χ4v) is 2.66. The molecule has 1 aliphatic heterocycles. The van der Waals surface area contributed by atoms with Crippen molar-refractivity contribution in [3.63, 3.8) is 0 Å². The first kappa shape index (κ1) is 12.6. The zero-order valence-corrected chi connectivity index (χ0v) is 10.5. The smallest absolute Gasteiger partial charge is 0.0786 e. The monoisotopic (exact) mass is 234 g/mol. The molecule has 0 spiro atoms. The number of rotatable bonds is 3. The van der Waals surface area contributed by atoms with Crippen LogP contribution in [0.1, 0.15) is 18.9 Å². The third-order valence-corrected chi connectivity index (χ3v) is 3.75. The van der Waals surface area contributed by atoms with Gasteiger partial charge in [-0.3, -0.25) is 4.90 Å². The Bertz CT molecular complexity index is 350. The number of hydrogen-bond acceptors (Lipinski definition) is 3. The molecular formula is C14H22N2O. The third-order valence-electron chi connectivity index (χ3n) is 3.75. The standard InChI is InChI=1S/C14H22N2O/c1-14(17)11-16(8-7-13(14)9-15)10-12-5-3-2-4-6-12/h2-6,13,17H,7-11,15H2,1H3/t13-,14+/m0/s1. The summed E-state index contributed by atoms with van der Waals surface area (Å²) in [6.45, 7) is 5.12. The van der Waals surface area contributed by atoms with Gasteiger partial charge in [-0.15, -0.1) is 0 Å². The van der Waals surface area contributed by atoms with Crippen molar-refractivity contribution >= 4 is 0 Å². The topological polar surface area (TPSA) is 49.5 Å². The van der Waals surface area contributed by atoms with Gasteiger partial charge in [0.05, 0.1) is 5.60 Å². The van der Waals surface area contributed by atoms with E-state index in [4.69, 9.17) is 5.73 Å². The van der Waals surface area contributed by atoms with Gasteiger partial charge in [-0.25, -0.2) is 0 Å². The van der Waals surface area contributed by atoms with Crippen molar-refractivity contribution in [2.24, 2.45) is 11.7 Å². The van der Waals surface area contributed by atoms with Gasteiger partial charge in [-0.2, -0.15) is 0 Å². The minimum Gasteiger partial charge on any atom is -0.389 e. The Morgan fingerprint density at radius 1 is 1.41 bits per heavy atom. The molecule has 3 nitrogen and oxygen atoms in total. The highest BCUT2D eigenvalue weighted by atomic mass is 16.3. The molecule has 1 heterocycles. The van der Waals surface area contributed by atoms with Crippen LogP contribution in [-0.2, 0) is 6.54 Å². The van der Waals surface area contributed by atoms with E-state index in [9.17, 15) is 5.11 Å². The number of β-amino-alcohol motifs (C(OH)–C–C–N with tert-alkyl or cyclic N) is 1. The molecule has 94 valence electrons. The Hall–Kier alpha value is -0.900. The zero-order valence-electron chi connectivity index (χ0n) is 10.5. The summed E-state index contributed by atoms with van der Waals surface area (Å²) < 4.78 is 0. The third kappa shape index (κ3) is 3.06. The largest absolute Gasteiger partial charge is 0.389 e. The van der Waals surface area contributed by atoms with Crippen molar-refractivity contribution < 1.29 is 5.11 Å². The average Bonchev–Trinajstić information content (AvgIpc) is 2.29. The molecule has 2 rings (SSSR count). The molecular weight excluding hydrogens is 212 g/mol. The lowest BCUT2D eigenvalue weighted by atomic mass is 9.82. The Kier molecular flexibility index (Phi) is 3.82. The highest BCUT2D eigenvalue weighted by molar-refractivity contribution is 5.14. The van der Waals surface area contributed by atoms with Crippen LogP contribution in [0.25, 0.3) is 0 Å². The van der Waals surface area contributed by atoms with Gasteiger partial charge in [0.25, 0.3) is 0 Å². The van der Waals surface area contributed by atoms with Crippen molar-refractivity contribution in [1.82, 2.24) is 4.90 Å². The molecule has 17 heavy (non-hydrogen) atoms. The molecule has 0 amide bonds. The van der Waals surface area contributed by atoms with E-state index in [1.807, 2.05) is 13.0 Å². The predicted octanol–water partition coefficient (Wildman–Crippen LogP) is 1.22. The molecule has 0 radical (unpaired) electrons. The molecule has 0 bridgehead atoms. The molecule has 3 heteroatoms. The maximum absolute atomic E-state index is 10.4. The van der Waals surface area contributed by atoms with E-state index in [0.717, 1.165) is 19.5 Å². The van der Waals surface area contributed by atoms with Crippen LogP contribution in [0.2, 0.25) is 0 Å². The second-order valence-electron chi connectivity index (χ2n) is 5.27. The summed E-state index contributed by atoms with van der Waals surface area (Å²) in [5.74, 6) is 0.231. The second kappa shape index (κ2) is 5.17.